The van der Waals surface area contributed by atoms with E-state index >= 15 is 0 Å². The molecule has 0 atom stereocenters. The number of rotatable bonds is 1. The lowest BCUT2D eigenvalue weighted by Gasteiger charge is -2.08. The van der Waals surface area contributed by atoms with Crippen molar-refractivity contribution in [3.05, 3.63) is 23.8 Å². The Kier molecular flexibility index (Phi) is 2.76. The van der Waals surface area contributed by atoms with Gasteiger partial charge in [0.15, 0.2) is 11.5 Å². The van der Waals surface area contributed by atoms with Crippen LogP contribution >= 0.6 is 0 Å². The summed E-state index contributed by atoms with van der Waals surface area (Å²) in [5.41, 5.74) is 6.58. The number of hydrogen-bond acceptors (Lipinski definition) is 3. The Morgan fingerprint density at radius 1 is 1.27 bits per heavy atom. The third-order valence-electron chi connectivity index (χ3n) is 2.28. The van der Waals surface area contributed by atoms with Crippen molar-refractivity contribution in [3.8, 4) is 11.5 Å². The maximum atomic E-state index is 5.72. The van der Waals surface area contributed by atoms with Gasteiger partial charge in [-0.25, -0.2) is 0 Å². The fourth-order valence-electron chi connectivity index (χ4n) is 1.45. The molecule has 0 unspecified atom stereocenters. The summed E-state index contributed by atoms with van der Waals surface area (Å²) in [6, 6.07) is 5.62. The molecule has 0 radical (unpaired) electrons. The first-order chi connectivity index (χ1) is 7.31. The number of fused-ring (bicyclic) bond motifs is 1. The summed E-state index contributed by atoms with van der Waals surface area (Å²) in [4.78, 5) is 3.93. The van der Waals surface area contributed by atoms with Gasteiger partial charge in [0, 0.05) is 19.0 Å². The van der Waals surface area contributed by atoms with Crippen LogP contribution in [0.25, 0.3) is 0 Å². The van der Waals surface area contributed by atoms with E-state index in [9.17, 15) is 0 Å². The summed E-state index contributed by atoms with van der Waals surface area (Å²) in [7, 11) is 1.67. The quantitative estimate of drug-likeness (QED) is 0.554. The molecule has 1 aliphatic heterocycles. The molecule has 0 aromatic heterocycles. The van der Waals surface area contributed by atoms with E-state index in [-0.39, 0.29) is 0 Å². The van der Waals surface area contributed by atoms with Crippen molar-refractivity contribution in [1.82, 2.24) is 0 Å². The maximum Gasteiger partial charge on any atom is 0.161 e. The van der Waals surface area contributed by atoms with Crippen LogP contribution in [0.15, 0.2) is 23.2 Å². The number of benzene rings is 1. The Labute approximate surface area is 88.7 Å². The molecule has 4 heteroatoms. The molecule has 0 saturated carbocycles. The Morgan fingerprint density at radius 2 is 2.00 bits per heavy atom. The minimum absolute atomic E-state index is 0.505. The third-order valence-corrected chi connectivity index (χ3v) is 2.28. The number of nitrogens with two attached hydrogens (primary N) is 1. The minimum atomic E-state index is 0.505. The predicted molar refractivity (Wildman–Crippen MR) is 58.7 cm³/mol. The van der Waals surface area contributed by atoms with E-state index in [2.05, 4.69) is 4.99 Å². The van der Waals surface area contributed by atoms with E-state index in [1.165, 1.54) is 0 Å². The van der Waals surface area contributed by atoms with Crippen molar-refractivity contribution in [3.63, 3.8) is 0 Å². The molecule has 1 aromatic carbocycles. The van der Waals surface area contributed by atoms with Crippen LogP contribution in [0.2, 0.25) is 0 Å². The van der Waals surface area contributed by atoms with Crippen LogP contribution in [0, 0.1) is 0 Å². The number of aliphatic imine (C=N–C) groups is 1. The van der Waals surface area contributed by atoms with Crippen LogP contribution in [0.1, 0.15) is 12.0 Å². The lowest BCUT2D eigenvalue weighted by molar-refractivity contribution is 0.297. The molecule has 1 heterocycles. The summed E-state index contributed by atoms with van der Waals surface area (Å²) < 4.78 is 11.1. The van der Waals surface area contributed by atoms with Gasteiger partial charge in [0.1, 0.15) is 5.84 Å². The van der Waals surface area contributed by atoms with Gasteiger partial charge in [0.05, 0.1) is 13.2 Å². The lowest BCUT2D eigenvalue weighted by Crippen LogP contribution is -2.12. The highest BCUT2D eigenvalue weighted by molar-refractivity contribution is 5.97. The van der Waals surface area contributed by atoms with Crippen LogP contribution in [0.4, 0.5) is 0 Å². The molecule has 2 rings (SSSR count). The highest BCUT2D eigenvalue weighted by atomic mass is 16.5. The zero-order valence-electron chi connectivity index (χ0n) is 8.69. The van der Waals surface area contributed by atoms with E-state index < -0.39 is 0 Å². The van der Waals surface area contributed by atoms with Gasteiger partial charge in [-0.2, -0.15) is 0 Å². The molecule has 4 nitrogen and oxygen atoms in total. The molecule has 0 aliphatic carbocycles. The average molecular weight is 206 g/mol. The molecule has 15 heavy (non-hydrogen) atoms. The van der Waals surface area contributed by atoms with Gasteiger partial charge in [0.25, 0.3) is 0 Å². The SMILES string of the molecule is CN=C(N)c1ccc2c(c1)OCCCO2. The Balaban J connectivity index is 2.36. The summed E-state index contributed by atoms with van der Waals surface area (Å²) in [5.74, 6) is 2.03. The summed E-state index contributed by atoms with van der Waals surface area (Å²) in [6.45, 7) is 1.38. The topological polar surface area (TPSA) is 56.8 Å². The standard InChI is InChI=1S/C11H14N2O2/c1-13-11(12)8-3-4-9-10(7-8)15-6-2-5-14-9/h3-4,7H,2,5-6H2,1H3,(H2,12,13). The highest BCUT2D eigenvalue weighted by Gasteiger charge is 2.11. The number of hydrogen-bond donors (Lipinski definition) is 1. The molecular weight excluding hydrogens is 192 g/mol. The molecule has 2 N–H and O–H groups in total. The van der Waals surface area contributed by atoms with Crippen LogP contribution in [-0.4, -0.2) is 26.1 Å². The monoisotopic (exact) mass is 206 g/mol. The van der Waals surface area contributed by atoms with Crippen LogP contribution in [0.3, 0.4) is 0 Å². The lowest BCUT2D eigenvalue weighted by atomic mass is 10.2. The van der Waals surface area contributed by atoms with E-state index in [1.54, 1.807) is 7.05 Å². The first-order valence-electron chi connectivity index (χ1n) is 4.93. The number of nitrogens with zero attached hydrogens (tertiary/aromatic N) is 1. The van der Waals surface area contributed by atoms with Gasteiger partial charge < -0.3 is 15.2 Å². The highest BCUT2D eigenvalue weighted by Crippen LogP contribution is 2.30. The number of ether oxygens (including phenoxy) is 2. The van der Waals surface area contributed by atoms with Crippen molar-refractivity contribution < 1.29 is 9.47 Å². The second kappa shape index (κ2) is 4.21. The van der Waals surface area contributed by atoms with E-state index in [4.69, 9.17) is 15.2 Å². The zero-order chi connectivity index (χ0) is 10.7. The molecule has 0 bridgehead atoms. The van der Waals surface area contributed by atoms with Gasteiger partial charge in [-0.1, -0.05) is 0 Å². The van der Waals surface area contributed by atoms with Gasteiger partial charge in [-0.05, 0) is 18.2 Å². The predicted octanol–water partition coefficient (Wildman–Crippen LogP) is 1.18. The fourth-order valence-corrected chi connectivity index (χ4v) is 1.45. The Morgan fingerprint density at radius 3 is 2.73 bits per heavy atom. The average Bonchev–Trinajstić information content (AvgIpc) is 2.51. The third kappa shape index (κ3) is 2.03. The minimum Gasteiger partial charge on any atom is -0.490 e. The summed E-state index contributed by atoms with van der Waals surface area (Å²) in [6.07, 6.45) is 0.904. The van der Waals surface area contributed by atoms with E-state index in [1.807, 2.05) is 18.2 Å². The molecular formula is C11H14N2O2. The van der Waals surface area contributed by atoms with Crippen LogP contribution in [0.5, 0.6) is 11.5 Å². The van der Waals surface area contributed by atoms with E-state index in [0.29, 0.717) is 19.0 Å². The molecule has 0 spiro atoms. The first kappa shape index (κ1) is 9.83. The maximum absolute atomic E-state index is 5.72. The van der Waals surface area contributed by atoms with Crippen LogP contribution < -0.4 is 15.2 Å². The second-order valence-corrected chi connectivity index (χ2v) is 3.32. The first-order valence-corrected chi connectivity index (χ1v) is 4.93. The van der Waals surface area contributed by atoms with Crippen molar-refractivity contribution in [2.45, 2.75) is 6.42 Å². The molecule has 0 saturated heterocycles. The zero-order valence-corrected chi connectivity index (χ0v) is 8.69. The van der Waals surface area contributed by atoms with Crippen molar-refractivity contribution in [2.75, 3.05) is 20.3 Å². The van der Waals surface area contributed by atoms with Gasteiger partial charge in [0.2, 0.25) is 0 Å². The van der Waals surface area contributed by atoms with Gasteiger partial charge in [-0.15, -0.1) is 0 Å². The van der Waals surface area contributed by atoms with Crippen molar-refractivity contribution in [1.29, 1.82) is 0 Å². The fraction of sp³-hybridized carbons (Fsp3) is 0.364. The summed E-state index contributed by atoms with van der Waals surface area (Å²) in [5, 5.41) is 0. The largest absolute Gasteiger partial charge is 0.490 e. The smallest absolute Gasteiger partial charge is 0.161 e. The van der Waals surface area contributed by atoms with Gasteiger partial charge >= 0.3 is 0 Å². The van der Waals surface area contributed by atoms with E-state index in [0.717, 1.165) is 23.5 Å². The molecule has 80 valence electrons. The van der Waals surface area contributed by atoms with Crippen LogP contribution in [-0.2, 0) is 0 Å². The molecule has 0 amide bonds. The van der Waals surface area contributed by atoms with Crippen molar-refractivity contribution in [2.24, 2.45) is 10.7 Å². The molecule has 1 aliphatic rings. The second-order valence-electron chi connectivity index (χ2n) is 3.32. The van der Waals surface area contributed by atoms with Crippen molar-refractivity contribution >= 4 is 5.84 Å². The molecule has 1 aromatic rings. The number of amidine groups is 1. The normalized spacial score (nSPS) is 15.9. The molecule has 0 fully saturated rings. The summed E-state index contributed by atoms with van der Waals surface area (Å²) >= 11 is 0. The Hall–Kier alpha value is -1.71. The Bertz CT molecular complexity index is 388. The van der Waals surface area contributed by atoms with Gasteiger partial charge in [-0.3, -0.25) is 4.99 Å².